The summed E-state index contributed by atoms with van der Waals surface area (Å²) >= 11 is 0. The summed E-state index contributed by atoms with van der Waals surface area (Å²) < 4.78 is 0. The minimum atomic E-state index is 0.280. The Labute approximate surface area is 85.1 Å². The molecule has 14 heavy (non-hydrogen) atoms. The summed E-state index contributed by atoms with van der Waals surface area (Å²) in [6, 6.07) is 0.280. The third kappa shape index (κ3) is 1.98. The van der Waals surface area contributed by atoms with Crippen LogP contribution in [0.2, 0.25) is 0 Å². The second kappa shape index (κ2) is 3.73. The Morgan fingerprint density at radius 1 is 1.57 bits per heavy atom. The highest BCUT2D eigenvalue weighted by Crippen LogP contribution is 2.40. The first-order valence-corrected chi connectivity index (χ1v) is 5.47. The second-order valence-electron chi connectivity index (χ2n) is 4.50. The number of hydrogen-bond acceptors (Lipinski definition) is 2. The van der Waals surface area contributed by atoms with E-state index in [-0.39, 0.29) is 6.04 Å². The minimum Gasteiger partial charge on any atom is -0.328 e. The van der Waals surface area contributed by atoms with Crippen LogP contribution in [0.1, 0.15) is 49.1 Å². The van der Waals surface area contributed by atoms with Gasteiger partial charge in [-0.05, 0) is 45.1 Å². The Kier molecular flexibility index (Phi) is 2.59. The lowest BCUT2D eigenvalue weighted by Crippen LogP contribution is -2.15. The van der Waals surface area contributed by atoms with E-state index in [2.05, 4.69) is 17.1 Å². The van der Waals surface area contributed by atoms with Crippen LogP contribution in [0.4, 0.5) is 0 Å². The number of hydrogen-bond donors (Lipinski definition) is 2. The number of H-pyrrole nitrogens is 1. The summed E-state index contributed by atoms with van der Waals surface area (Å²) in [5.41, 5.74) is 9.68. The van der Waals surface area contributed by atoms with Crippen molar-refractivity contribution in [3.63, 3.8) is 0 Å². The zero-order valence-electron chi connectivity index (χ0n) is 9.01. The van der Waals surface area contributed by atoms with Gasteiger partial charge in [0.2, 0.25) is 0 Å². The van der Waals surface area contributed by atoms with Crippen LogP contribution in [0.25, 0.3) is 0 Å². The van der Waals surface area contributed by atoms with Crippen LogP contribution in [0.15, 0.2) is 0 Å². The largest absolute Gasteiger partial charge is 0.328 e. The molecule has 3 heteroatoms. The standard InChI is InChI=1S/C11H19N3/c1-7(12)3-6-10-8(2)11(14-13-10)9-4-5-9/h7,9H,3-6,12H2,1-2H3,(H,13,14). The average molecular weight is 193 g/mol. The molecule has 1 heterocycles. The predicted molar refractivity (Wildman–Crippen MR) is 57.3 cm³/mol. The van der Waals surface area contributed by atoms with Crippen LogP contribution in [-0.4, -0.2) is 16.2 Å². The van der Waals surface area contributed by atoms with E-state index < -0.39 is 0 Å². The van der Waals surface area contributed by atoms with Crippen molar-refractivity contribution in [1.82, 2.24) is 10.2 Å². The van der Waals surface area contributed by atoms with Gasteiger partial charge in [-0.15, -0.1) is 0 Å². The van der Waals surface area contributed by atoms with Gasteiger partial charge in [0.15, 0.2) is 0 Å². The molecule has 0 aromatic carbocycles. The Hall–Kier alpha value is -0.830. The first kappa shape index (κ1) is 9.71. The third-order valence-electron chi connectivity index (χ3n) is 2.96. The Bertz CT molecular complexity index is 310. The number of aromatic nitrogens is 2. The van der Waals surface area contributed by atoms with Gasteiger partial charge >= 0.3 is 0 Å². The van der Waals surface area contributed by atoms with Crippen LogP contribution >= 0.6 is 0 Å². The second-order valence-corrected chi connectivity index (χ2v) is 4.50. The zero-order valence-corrected chi connectivity index (χ0v) is 9.01. The van der Waals surface area contributed by atoms with Crippen LogP contribution in [0.5, 0.6) is 0 Å². The maximum atomic E-state index is 5.73. The molecule has 3 nitrogen and oxygen atoms in total. The van der Waals surface area contributed by atoms with Crippen LogP contribution in [-0.2, 0) is 6.42 Å². The van der Waals surface area contributed by atoms with Gasteiger partial charge in [-0.25, -0.2) is 0 Å². The molecule has 3 N–H and O–H groups in total. The van der Waals surface area contributed by atoms with E-state index in [0.717, 1.165) is 18.8 Å². The number of aryl methyl sites for hydroxylation is 1. The Balaban J connectivity index is 2.03. The van der Waals surface area contributed by atoms with Crippen LogP contribution < -0.4 is 5.73 Å². The molecule has 1 aliphatic carbocycles. The summed E-state index contributed by atoms with van der Waals surface area (Å²) in [6.07, 6.45) is 4.70. The number of nitrogens with two attached hydrogens (primary N) is 1. The highest BCUT2D eigenvalue weighted by atomic mass is 15.1. The molecule has 1 aliphatic rings. The van der Waals surface area contributed by atoms with Gasteiger partial charge < -0.3 is 5.73 Å². The summed E-state index contributed by atoms with van der Waals surface area (Å²) in [6.45, 7) is 4.22. The molecular formula is C11H19N3. The summed E-state index contributed by atoms with van der Waals surface area (Å²) in [5.74, 6) is 0.746. The molecule has 1 aromatic heterocycles. The summed E-state index contributed by atoms with van der Waals surface area (Å²) in [5, 5.41) is 7.54. The molecule has 0 aliphatic heterocycles. The summed E-state index contributed by atoms with van der Waals surface area (Å²) in [4.78, 5) is 0. The number of nitrogens with one attached hydrogen (secondary N) is 1. The molecule has 0 radical (unpaired) electrons. The van der Waals surface area contributed by atoms with Crippen molar-refractivity contribution < 1.29 is 0 Å². The van der Waals surface area contributed by atoms with Crippen molar-refractivity contribution >= 4 is 0 Å². The number of rotatable bonds is 4. The molecule has 0 saturated heterocycles. The smallest absolute Gasteiger partial charge is 0.0684 e. The van der Waals surface area contributed by atoms with Gasteiger partial charge in [-0.2, -0.15) is 5.10 Å². The lowest BCUT2D eigenvalue weighted by atomic mass is 10.1. The molecule has 1 aromatic rings. The van der Waals surface area contributed by atoms with Crippen molar-refractivity contribution in [2.45, 2.75) is 51.5 Å². The Morgan fingerprint density at radius 2 is 2.29 bits per heavy atom. The monoisotopic (exact) mass is 193 g/mol. The van der Waals surface area contributed by atoms with Gasteiger partial charge in [-0.1, -0.05) is 0 Å². The first-order chi connectivity index (χ1) is 6.68. The lowest BCUT2D eigenvalue weighted by Gasteiger charge is -2.03. The fourth-order valence-electron chi connectivity index (χ4n) is 1.82. The van der Waals surface area contributed by atoms with Crippen molar-refractivity contribution in [1.29, 1.82) is 0 Å². The molecular weight excluding hydrogens is 174 g/mol. The fraction of sp³-hybridized carbons (Fsp3) is 0.727. The first-order valence-electron chi connectivity index (χ1n) is 5.47. The molecule has 1 saturated carbocycles. The molecule has 2 rings (SSSR count). The van der Waals surface area contributed by atoms with E-state index in [0.29, 0.717) is 0 Å². The van der Waals surface area contributed by atoms with Gasteiger partial charge in [0.1, 0.15) is 0 Å². The maximum Gasteiger partial charge on any atom is 0.0684 e. The SMILES string of the molecule is Cc1c(C2CC2)n[nH]c1CCC(C)N. The van der Waals surface area contributed by atoms with Crippen LogP contribution in [0, 0.1) is 6.92 Å². The highest BCUT2D eigenvalue weighted by Gasteiger charge is 2.28. The van der Waals surface area contributed by atoms with E-state index >= 15 is 0 Å². The molecule has 1 fully saturated rings. The normalized spacial score (nSPS) is 18.5. The zero-order chi connectivity index (χ0) is 10.1. The maximum absolute atomic E-state index is 5.73. The van der Waals surface area contributed by atoms with Crippen molar-refractivity contribution in [2.24, 2.45) is 5.73 Å². The highest BCUT2D eigenvalue weighted by molar-refractivity contribution is 5.29. The molecule has 0 bridgehead atoms. The number of nitrogens with zero attached hydrogens (tertiary/aromatic N) is 1. The third-order valence-corrected chi connectivity index (χ3v) is 2.96. The Morgan fingerprint density at radius 3 is 2.86 bits per heavy atom. The molecule has 0 amide bonds. The van der Waals surface area contributed by atoms with Crippen molar-refractivity contribution in [3.8, 4) is 0 Å². The van der Waals surface area contributed by atoms with E-state index in [1.165, 1.54) is 29.8 Å². The average Bonchev–Trinajstić information content (AvgIpc) is 2.89. The summed E-state index contributed by atoms with van der Waals surface area (Å²) in [7, 11) is 0. The minimum absolute atomic E-state index is 0.280. The predicted octanol–water partition coefficient (Wildman–Crippen LogP) is 1.88. The van der Waals surface area contributed by atoms with Crippen molar-refractivity contribution in [3.05, 3.63) is 17.0 Å². The van der Waals surface area contributed by atoms with Gasteiger partial charge in [0.05, 0.1) is 5.69 Å². The quantitative estimate of drug-likeness (QED) is 0.767. The van der Waals surface area contributed by atoms with E-state index in [4.69, 9.17) is 5.73 Å². The van der Waals surface area contributed by atoms with Gasteiger partial charge in [-0.3, -0.25) is 5.10 Å². The molecule has 1 unspecified atom stereocenters. The van der Waals surface area contributed by atoms with Crippen LogP contribution in [0.3, 0.4) is 0 Å². The molecule has 78 valence electrons. The van der Waals surface area contributed by atoms with E-state index in [1.807, 2.05) is 6.92 Å². The topological polar surface area (TPSA) is 54.7 Å². The van der Waals surface area contributed by atoms with Gasteiger partial charge in [0.25, 0.3) is 0 Å². The van der Waals surface area contributed by atoms with E-state index in [1.54, 1.807) is 0 Å². The fourth-order valence-corrected chi connectivity index (χ4v) is 1.82. The van der Waals surface area contributed by atoms with Gasteiger partial charge in [0, 0.05) is 17.7 Å². The lowest BCUT2D eigenvalue weighted by molar-refractivity contribution is 0.655. The van der Waals surface area contributed by atoms with Crippen molar-refractivity contribution in [2.75, 3.05) is 0 Å². The number of aromatic amines is 1. The molecule has 0 spiro atoms. The van der Waals surface area contributed by atoms with E-state index in [9.17, 15) is 0 Å². The molecule has 1 atom stereocenters.